The van der Waals surface area contributed by atoms with Crippen LogP contribution in [0.2, 0.25) is 18.1 Å². The Balaban J connectivity index is 2.31. The molecule has 0 radical (unpaired) electrons. The SMILES string of the molecule is CC[Si](CC)(CC)/C(=C\C(=O)c1ccccc1)SCc1ccccc1. The third-order valence-corrected chi connectivity index (χ3v) is 13.0. The maximum atomic E-state index is 12.8. The minimum atomic E-state index is -1.59. The Kier molecular flexibility index (Phi) is 7.73. The summed E-state index contributed by atoms with van der Waals surface area (Å²) in [5, 5.41) is 0. The van der Waals surface area contributed by atoms with Crippen LogP contribution in [0.5, 0.6) is 0 Å². The van der Waals surface area contributed by atoms with Crippen LogP contribution in [0, 0.1) is 0 Å². The van der Waals surface area contributed by atoms with Crippen LogP contribution < -0.4 is 0 Å². The number of ketones is 1. The van der Waals surface area contributed by atoms with Crippen molar-refractivity contribution >= 4 is 25.6 Å². The summed E-state index contributed by atoms with van der Waals surface area (Å²) >= 11 is 1.88. The number of thioether (sulfide) groups is 1. The molecule has 132 valence electrons. The van der Waals surface area contributed by atoms with Crippen LogP contribution in [-0.4, -0.2) is 13.9 Å². The normalized spacial score (nSPS) is 12.2. The van der Waals surface area contributed by atoms with E-state index in [2.05, 4.69) is 45.0 Å². The van der Waals surface area contributed by atoms with Crippen LogP contribution >= 0.6 is 11.8 Å². The van der Waals surface area contributed by atoms with Gasteiger partial charge in [0.2, 0.25) is 0 Å². The van der Waals surface area contributed by atoms with Gasteiger partial charge in [-0.05, 0) is 16.2 Å². The Morgan fingerprint density at radius 1 is 0.880 bits per heavy atom. The zero-order valence-corrected chi connectivity index (χ0v) is 17.3. The van der Waals surface area contributed by atoms with Crippen LogP contribution in [0.1, 0.15) is 36.7 Å². The molecule has 0 N–H and O–H groups in total. The second-order valence-electron chi connectivity index (χ2n) is 6.35. The van der Waals surface area contributed by atoms with Gasteiger partial charge in [-0.25, -0.2) is 0 Å². The molecule has 0 saturated carbocycles. The van der Waals surface area contributed by atoms with E-state index in [4.69, 9.17) is 0 Å². The van der Waals surface area contributed by atoms with Crippen molar-refractivity contribution in [3.05, 3.63) is 82.4 Å². The smallest absolute Gasteiger partial charge is 0.186 e. The zero-order chi connectivity index (χ0) is 18.1. The van der Waals surface area contributed by atoms with Gasteiger partial charge >= 0.3 is 0 Å². The third-order valence-electron chi connectivity index (χ3n) is 5.11. The van der Waals surface area contributed by atoms with E-state index in [1.54, 1.807) is 0 Å². The largest absolute Gasteiger partial charge is 0.289 e. The monoisotopic (exact) mass is 368 g/mol. The molecule has 0 aliphatic carbocycles. The lowest BCUT2D eigenvalue weighted by atomic mass is 10.1. The van der Waals surface area contributed by atoms with Gasteiger partial charge in [-0.2, -0.15) is 0 Å². The second-order valence-corrected chi connectivity index (χ2v) is 13.0. The molecule has 0 saturated heterocycles. The molecule has 0 aliphatic rings. The van der Waals surface area contributed by atoms with Crippen LogP contribution in [0.3, 0.4) is 0 Å². The second kappa shape index (κ2) is 9.78. The fourth-order valence-corrected chi connectivity index (χ4v) is 9.59. The highest BCUT2D eigenvalue weighted by Gasteiger charge is 2.32. The predicted molar refractivity (Wildman–Crippen MR) is 114 cm³/mol. The molecule has 2 aromatic rings. The number of carbonyl (C=O) groups is 1. The molecule has 0 amide bonds. The van der Waals surface area contributed by atoms with Gasteiger partial charge in [-0.15, -0.1) is 11.8 Å². The fraction of sp³-hybridized carbons (Fsp3) is 0.318. The highest BCUT2D eigenvalue weighted by molar-refractivity contribution is 8.04. The van der Waals surface area contributed by atoms with Gasteiger partial charge in [0, 0.05) is 11.3 Å². The number of hydrogen-bond donors (Lipinski definition) is 0. The molecule has 0 aromatic heterocycles. The van der Waals surface area contributed by atoms with E-state index in [0.717, 1.165) is 11.3 Å². The average Bonchev–Trinajstić information content (AvgIpc) is 2.69. The van der Waals surface area contributed by atoms with Crippen LogP contribution in [0.25, 0.3) is 0 Å². The molecule has 2 rings (SSSR count). The first-order valence-corrected chi connectivity index (χ1v) is 12.7. The van der Waals surface area contributed by atoms with Crippen molar-refractivity contribution in [3.8, 4) is 0 Å². The van der Waals surface area contributed by atoms with Gasteiger partial charge in [-0.3, -0.25) is 4.79 Å². The van der Waals surface area contributed by atoms with Crippen molar-refractivity contribution < 1.29 is 4.79 Å². The van der Waals surface area contributed by atoms with Crippen molar-refractivity contribution in [1.29, 1.82) is 0 Å². The minimum absolute atomic E-state index is 0.142. The molecule has 2 aromatic carbocycles. The quantitative estimate of drug-likeness (QED) is 0.277. The van der Waals surface area contributed by atoms with Crippen LogP contribution in [0.15, 0.2) is 71.3 Å². The van der Waals surface area contributed by atoms with Gasteiger partial charge in [0.15, 0.2) is 5.78 Å². The standard InChI is InChI=1S/C22H28OSSi/c1-4-25(5-2,6-3)22(24-18-19-13-9-7-10-14-19)17-21(23)20-15-11-8-12-16-20/h7-17H,4-6,18H2,1-3H3/b22-17-. The number of benzene rings is 2. The molecule has 3 heteroatoms. The summed E-state index contributed by atoms with van der Waals surface area (Å²) in [6.07, 6.45) is 1.95. The molecule has 0 fully saturated rings. The highest BCUT2D eigenvalue weighted by Crippen LogP contribution is 2.37. The molecule has 1 nitrogen and oxygen atoms in total. The fourth-order valence-electron chi connectivity index (χ4n) is 3.16. The van der Waals surface area contributed by atoms with Crippen LogP contribution in [0.4, 0.5) is 0 Å². The topological polar surface area (TPSA) is 17.1 Å². The maximum Gasteiger partial charge on any atom is 0.186 e. The number of hydrogen-bond acceptors (Lipinski definition) is 2. The van der Waals surface area contributed by atoms with Gasteiger partial charge in [0.1, 0.15) is 0 Å². The molecule has 25 heavy (non-hydrogen) atoms. The molecule has 0 heterocycles. The minimum Gasteiger partial charge on any atom is -0.289 e. The van der Waals surface area contributed by atoms with Gasteiger partial charge in [0.05, 0.1) is 8.07 Å². The summed E-state index contributed by atoms with van der Waals surface area (Å²) in [5.74, 6) is 1.08. The molecule has 0 bridgehead atoms. The van der Waals surface area contributed by atoms with E-state index in [1.807, 2.05) is 54.2 Å². The van der Waals surface area contributed by atoms with Crippen molar-refractivity contribution in [2.75, 3.05) is 0 Å². The van der Waals surface area contributed by atoms with Gasteiger partial charge < -0.3 is 0 Å². The Hall–Kier alpha value is -1.58. The van der Waals surface area contributed by atoms with E-state index >= 15 is 0 Å². The molecule has 0 spiro atoms. The summed E-state index contributed by atoms with van der Waals surface area (Å²) in [5.41, 5.74) is 2.10. The van der Waals surface area contributed by atoms with Gasteiger partial charge in [-0.1, -0.05) is 99.6 Å². The molecule has 0 unspecified atom stereocenters. The Morgan fingerprint density at radius 3 is 1.92 bits per heavy atom. The van der Waals surface area contributed by atoms with E-state index in [0.29, 0.717) is 0 Å². The summed E-state index contributed by atoms with van der Waals surface area (Å²) < 4.78 is 1.36. The number of allylic oxidation sites excluding steroid dienone is 1. The summed E-state index contributed by atoms with van der Waals surface area (Å²) in [7, 11) is -1.59. The van der Waals surface area contributed by atoms with E-state index in [-0.39, 0.29) is 5.78 Å². The predicted octanol–water partition coefficient (Wildman–Crippen LogP) is 6.73. The van der Waals surface area contributed by atoms with Crippen molar-refractivity contribution in [2.45, 2.75) is 44.7 Å². The average molecular weight is 369 g/mol. The van der Waals surface area contributed by atoms with E-state index in [9.17, 15) is 4.79 Å². The van der Waals surface area contributed by atoms with Crippen molar-refractivity contribution in [1.82, 2.24) is 0 Å². The zero-order valence-electron chi connectivity index (χ0n) is 15.5. The lowest BCUT2D eigenvalue weighted by Gasteiger charge is -2.31. The lowest BCUT2D eigenvalue weighted by Crippen LogP contribution is -2.34. The summed E-state index contributed by atoms with van der Waals surface area (Å²) in [6.45, 7) is 6.88. The maximum absolute atomic E-state index is 12.8. The first-order chi connectivity index (χ1) is 12.1. The first kappa shape index (κ1) is 19.7. The molecular formula is C22H28OSSi. The van der Waals surface area contributed by atoms with Crippen molar-refractivity contribution in [3.63, 3.8) is 0 Å². The third kappa shape index (κ3) is 5.19. The lowest BCUT2D eigenvalue weighted by molar-refractivity contribution is 0.104. The Labute approximate surface area is 157 Å². The van der Waals surface area contributed by atoms with Crippen LogP contribution in [-0.2, 0) is 5.75 Å². The van der Waals surface area contributed by atoms with E-state index in [1.165, 1.54) is 28.2 Å². The highest BCUT2D eigenvalue weighted by atomic mass is 32.2. The number of carbonyl (C=O) groups excluding carboxylic acids is 1. The first-order valence-electron chi connectivity index (χ1n) is 9.13. The van der Waals surface area contributed by atoms with Crippen molar-refractivity contribution in [2.24, 2.45) is 0 Å². The van der Waals surface area contributed by atoms with Gasteiger partial charge in [0.25, 0.3) is 0 Å². The Morgan fingerprint density at radius 2 is 1.40 bits per heavy atom. The summed E-state index contributed by atoms with van der Waals surface area (Å²) in [6, 6.07) is 23.7. The van der Waals surface area contributed by atoms with E-state index < -0.39 is 8.07 Å². The Bertz CT molecular complexity index is 682. The molecule has 0 atom stereocenters. The molecular weight excluding hydrogens is 340 g/mol. The molecule has 0 aliphatic heterocycles. The number of rotatable bonds is 9. The summed E-state index contributed by atoms with van der Waals surface area (Å²) in [4.78, 5) is 12.8.